The third kappa shape index (κ3) is 3.42. The molecular formula is C15H30S. The van der Waals surface area contributed by atoms with Gasteiger partial charge in [-0.2, -0.15) is 11.8 Å². The van der Waals surface area contributed by atoms with Crippen molar-refractivity contribution in [1.29, 1.82) is 0 Å². The van der Waals surface area contributed by atoms with Gasteiger partial charge in [0.2, 0.25) is 0 Å². The second-order valence-corrected chi connectivity index (χ2v) is 8.15. The Morgan fingerprint density at radius 1 is 0.938 bits per heavy atom. The normalized spacial score (nSPS) is 28.1. The van der Waals surface area contributed by atoms with Gasteiger partial charge >= 0.3 is 0 Å². The highest BCUT2D eigenvalue weighted by Crippen LogP contribution is 2.49. The van der Waals surface area contributed by atoms with Crippen LogP contribution in [0.1, 0.15) is 60.3 Å². The lowest BCUT2D eigenvalue weighted by Crippen LogP contribution is -2.40. The molecule has 0 bridgehead atoms. The number of hydrogen-bond acceptors (Lipinski definition) is 1. The summed E-state index contributed by atoms with van der Waals surface area (Å²) in [5.41, 5.74) is 0.999. The van der Waals surface area contributed by atoms with Crippen LogP contribution < -0.4 is 0 Å². The molecule has 2 unspecified atom stereocenters. The largest absolute Gasteiger partial charge is 0.165 e. The lowest BCUT2D eigenvalue weighted by Gasteiger charge is -2.48. The maximum absolute atomic E-state index is 2.48. The minimum absolute atomic E-state index is 0.487. The summed E-state index contributed by atoms with van der Waals surface area (Å²) in [7, 11) is 0. The zero-order chi connectivity index (χ0) is 12.4. The van der Waals surface area contributed by atoms with Gasteiger partial charge in [0.15, 0.2) is 0 Å². The van der Waals surface area contributed by atoms with Gasteiger partial charge in [-0.3, -0.25) is 0 Å². The van der Waals surface area contributed by atoms with E-state index in [0.717, 1.165) is 11.8 Å². The molecule has 0 aromatic rings. The van der Waals surface area contributed by atoms with E-state index in [2.05, 4.69) is 40.9 Å². The van der Waals surface area contributed by atoms with Crippen LogP contribution in [0.25, 0.3) is 0 Å². The molecule has 0 saturated heterocycles. The van der Waals surface area contributed by atoms with Crippen molar-refractivity contribution in [2.24, 2.45) is 22.7 Å². The van der Waals surface area contributed by atoms with Crippen molar-refractivity contribution in [1.82, 2.24) is 0 Å². The predicted octanol–water partition coefficient (Wildman–Crippen LogP) is 5.23. The number of thioether (sulfide) groups is 1. The van der Waals surface area contributed by atoms with E-state index in [-0.39, 0.29) is 0 Å². The summed E-state index contributed by atoms with van der Waals surface area (Å²) in [5.74, 6) is 3.15. The second kappa shape index (κ2) is 5.33. The molecule has 0 radical (unpaired) electrons. The van der Waals surface area contributed by atoms with Crippen molar-refractivity contribution >= 4 is 11.8 Å². The Morgan fingerprint density at radius 3 is 1.88 bits per heavy atom. The van der Waals surface area contributed by atoms with Crippen LogP contribution in [-0.2, 0) is 0 Å². The summed E-state index contributed by atoms with van der Waals surface area (Å²) in [4.78, 5) is 0. The van der Waals surface area contributed by atoms with E-state index in [0.29, 0.717) is 10.8 Å². The van der Waals surface area contributed by atoms with Gasteiger partial charge in [-0.25, -0.2) is 0 Å². The third-order valence-corrected chi connectivity index (χ3v) is 5.43. The first-order valence-electron chi connectivity index (χ1n) is 6.78. The maximum atomic E-state index is 2.48. The topological polar surface area (TPSA) is 0 Å². The summed E-state index contributed by atoms with van der Waals surface area (Å²) in [6.07, 6.45) is 8.06. The molecule has 1 aliphatic rings. The highest BCUT2D eigenvalue weighted by atomic mass is 32.2. The molecule has 96 valence electrons. The summed E-state index contributed by atoms with van der Waals surface area (Å²) in [5, 5.41) is 0. The molecule has 2 atom stereocenters. The Morgan fingerprint density at radius 2 is 1.44 bits per heavy atom. The Kier molecular flexibility index (Phi) is 4.80. The lowest BCUT2D eigenvalue weighted by atomic mass is 9.59. The van der Waals surface area contributed by atoms with Crippen LogP contribution in [0.5, 0.6) is 0 Å². The van der Waals surface area contributed by atoms with Gasteiger partial charge < -0.3 is 0 Å². The van der Waals surface area contributed by atoms with E-state index < -0.39 is 0 Å². The zero-order valence-electron chi connectivity index (χ0n) is 12.1. The van der Waals surface area contributed by atoms with Crippen LogP contribution in [-0.4, -0.2) is 12.0 Å². The summed E-state index contributed by atoms with van der Waals surface area (Å²) in [6.45, 7) is 12.3. The molecule has 0 aliphatic heterocycles. The SMILES string of the molecule is CSCC(C)(C)C1CCCCC1C(C)(C)C. The van der Waals surface area contributed by atoms with Crippen molar-refractivity contribution in [3.63, 3.8) is 0 Å². The standard InChI is InChI=1S/C15H30S/c1-14(2,3)12-9-7-8-10-13(12)15(4,5)11-16-6/h12-13H,7-11H2,1-6H3. The molecule has 0 spiro atoms. The van der Waals surface area contributed by atoms with Gasteiger partial charge in [0, 0.05) is 0 Å². The van der Waals surface area contributed by atoms with Crippen LogP contribution in [0.4, 0.5) is 0 Å². The zero-order valence-corrected chi connectivity index (χ0v) is 12.9. The van der Waals surface area contributed by atoms with E-state index in [1.165, 1.54) is 31.4 Å². The van der Waals surface area contributed by atoms with Gasteiger partial charge in [0.1, 0.15) is 0 Å². The average Bonchev–Trinajstić information content (AvgIpc) is 2.16. The van der Waals surface area contributed by atoms with Crippen LogP contribution in [0.3, 0.4) is 0 Å². The molecule has 1 aliphatic carbocycles. The first-order valence-corrected chi connectivity index (χ1v) is 8.17. The van der Waals surface area contributed by atoms with Crippen LogP contribution >= 0.6 is 11.8 Å². The second-order valence-electron chi connectivity index (χ2n) is 7.29. The molecular weight excluding hydrogens is 212 g/mol. The predicted molar refractivity (Wildman–Crippen MR) is 77.1 cm³/mol. The van der Waals surface area contributed by atoms with Crippen LogP contribution in [0, 0.1) is 22.7 Å². The minimum Gasteiger partial charge on any atom is -0.165 e. The average molecular weight is 242 g/mol. The van der Waals surface area contributed by atoms with Crippen LogP contribution in [0.2, 0.25) is 0 Å². The number of rotatable bonds is 3. The van der Waals surface area contributed by atoms with E-state index in [1.807, 2.05) is 11.8 Å². The highest BCUT2D eigenvalue weighted by molar-refractivity contribution is 7.98. The highest BCUT2D eigenvalue weighted by Gasteiger charge is 2.41. The molecule has 1 heteroatoms. The molecule has 0 aromatic carbocycles. The monoisotopic (exact) mass is 242 g/mol. The fourth-order valence-electron chi connectivity index (χ4n) is 3.58. The van der Waals surface area contributed by atoms with Crippen LogP contribution in [0.15, 0.2) is 0 Å². The molecule has 0 amide bonds. The molecule has 0 heterocycles. The summed E-state index contributed by atoms with van der Waals surface area (Å²) < 4.78 is 0. The van der Waals surface area contributed by atoms with E-state index in [4.69, 9.17) is 0 Å². The fourth-order valence-corrected chi connectivity index (χ4v) is 4.54. The smallest absolute Gasteiger partial charge is 0.00161 e. The van der Waals surface area contributed by atoms with Gasteiger partial charge in [-0.15, -0.1) is 0 Å². The van der Waals surface area contributed by atoms with Crippen molar-refractivity contribution < 1.29 is 0 Å². The third-order valence-electron chi connectivity index (χ3n) is 4.40. The molecule has 16 heavy (non-hydrogen) atoms. The maximum Gasteiger partial charge on any atom is -0.00161 e. The van der Waals surface area contributed by atoms with E-state index in [1.54, 1.807) is 0 Å². The first kappa shape index (κ1) is 14.4. The Balaban J connectivity index is 2.81. The Hall–Kier alpha value is 0.350. The van der Waals surface area contributed by atoms with Gasteiger partial charge in [-0.1, -0.05) is 47.5 Å². The van der Waals surface area contributed by atoms with E-state index >= 15 is 0 Å². The van der Waals surface area contributed by atoms with Gasteiger partial charge in [0.25, 0.3) is 0 Å². The minimum atomic E-state index is 0.487. The molecule has 0 N–H and O–H groups in total. The fraction of sp³-hybridized carbons (Fsp3) is 1.00. The van der Waals surface area contributed by atoms with Crippen molar-refractivity contribution in [2.45, 2.75) is 60.3 Å². The Bertz CT molecular complexity index is 212. The van der Waals surface area contributed by atoms with Crippen molar-refractivity contribution in [3.8, 4) is 0 Å². The molecule has 1 saturated carbocycles. The summed E-state index contributed by atoms with van der Waals surface area (Å²) >= 11 is 2.01. The molecule has 1 fully saturated rings. The van der Waals surface area contributed by atoms with Crippen molar-refractivity contribution in [3.05, 3.63) is 0 Å². The number of hydrogen-bond donors (Lipinski definition) is 0. The quantitative estimate of drug-likeness (QED) is 0.653. The van der Waals surface area contributed by atoms with Crippen molar-refractivity contribution in [2.75, 3.05) is 12.0 Å². The Labute approximate surface area is 107 Å². The summed E-state index contributed by atoms with van der Waals surface area (Å²) in [6, 6.07) is 0. The molecule has 0 nitrogen and oxygen atoms in total. The van der Waals surface area contributed by atoms with E-state index in [9.17, 15) is 0 Å². The molecule has 0 aromatic heterocycles. The van der Waals surface area contributed by atoms with Gasteiger partial charge in [-0.05, 0) is 47.5 Å². The lowest BCUT2D eigenvalue weighted by molar-refractivity contribution is 0.0359. The van der Waals surface area contributed by atoms with Gasteiger partial charge in [0.05, 0.1) is 0 Å². The first-order chi connectivity index (χ1) is 7.29. The molecule has 1 rings (SSSR count).